The summed E-state index contributed by atoms with van der Waals surface area (Å²) < 4.78 is 13.0. The molecule has 1 N–H and O–H groups in total. The van der Waals surface area contributed by atoms with E-state index in [1.165, 1.54) is 35.4 Å². The molecular weight excluding hydrogens is 359 g/mol. The SMILES string of the molecule is CCN(CC)c1ncc(Cl)c(C(=O)N(C)CC(O)c2ccc(F)cc2)n1. The van der Waals surface area contributed by atoms with Gasteiger partial charge in [0.1, 0.15) is 5.82 Å². The van der Waals surface area contributed by atoms with Gasteiger partial charge in [-0.2, -0.15) is 0 Å². The zero-order valence-electron chi connectivity index (χ0n) is 15.0. The number of rotatable bonds is 7. The van der Waals surface area contributed by atoms with Crippen molar-refractivity contribution >= 4 is 23.5 Å². The molecule has 1 heterocycles. The smallest absolute Gasteiger partial charge is 0.274 e. The lowest BCUT2D eigenvalue weighted by atomic mass is 10.1. The molecule has 26 heavy (non-hydrogen) atoms. The van der Waals surface area contributed by atoms with Crippen molar-refractivity contribution in [2.75, 3.05) is 31.6 Å². The molecule has 0 aliphatic rings. The zero-order chi connectivity index (χ0) is 19.3. The fourth-order valence-corrected chi connectivity index (χ4v) is 2.65. The number of likely N-dealkylation sites (N-methyl/N-ethyl adjacent to an activating group) is 1. The summed E-state index contributed by atoms with van der Waals surface area (Å²) in [5.74, 6) is -0.385. The summed E-state index contributed by atoms with van der Waals surface area (Å²) in [5.41, 5.74) is 0.598. The summed E-state index contributed by atoms with van der Waals surface area (Å²) in [6.45, 7) is 5.35. The summed E-state index contributed by atoms with van der Waals surface area (Å²) in [4.78, 5) is 24.4. The molecule has 8 heteroatoms. The summed E-state index contributed by atoms with van der Waals surface area (Å²) in [6.07, 6.45) is 0.451. The van der Waals surface area contributed by atoms with Crippen LogP contribution in [0.4, 0.5) is 10.3 Å². The molecule has 0 saturated carbocycles. The Hall–Kier alpha value is -2.25. The Morgan fingerprint density at radius 3 is 2.46 bits per heavy atom. The van der Waals surface area contributed by atoms with E-state index in [4.69, 9.17) is 11.6 Å². The quantitative estimate of drug-likeness (QED) is 0.799. The molecular formula is C18H22ClFN4O2. The second-order valence-corrected chi connectivity index (χ2v) is 6.20. The third kappa shape index (κ3) is 4.68. The highest BCUT2D eigenvalue weighted by molar-refractivity contribution is 6.33. The average Bonchev–Trinajstić information content (AvgIpc) is 2.63. The number of aromatic nitrogens is 2. The molecule has 1 unspecified atom stereocenters. The van der Waals surface area contributed by atoms with Gasteiger partial charge < -0.3 is 14.9 Å². The van der Waals surface area contributed by atoms with Gasteiger partial charge in [0.25, 0.3) is 5.91 Å². The van der Waals surface area contributed by atoms with E-state index in [0.29, 0.717) is 24.6 Å². The number of carbonyl (C=O) groups is 1. The highest BCUT2D eigenvalue weighted by atomic mass is 35.5. The highest BCUT2D eigenvalue weighted by Crippen LogP contribution is 2.20. The maximum absolute atomic E-state index is 13.0. The first kappa shape index (κ1) is 20.1. The molecule has 0 aliphatic heterocycles. The van der Waals surface area contributed by atoms with E-state index in [1.54, 1.807) is 7.05 Å². The van der Waals surface area contributed by atoms with E-state index < -0.39 is 12.0 Å². The standard InChI is InChI=1S/C18H22ClFN4O2/c1-4-24(5-2)18-21-10-14(19)16(22-18)17(26)23(3)11-15(25)12-6-8-13(20)9-7-12/h6-10,15,25H,4-5,11H2,1-3H3. The van der Waals surface area contributed by atoms with Crippen LogP contribution in [0.2, 0.25) is 5.02 Å². The van der Waals surface area contributed by atoms with E-state index in [9.17, 15) is 14.3 Å². The van der Waals surface area contributed by atoms with E-state index in [2.05, 4.69) is 9.97 Å². The van der Waals surface area contributed by atoms with Gasteiger partial charge in [-0.15, -0.1) is 0 Å². The van der Waals surface area contributed by atoms with Crippen molar-refractivity contribution in [3.63, 3.8) is 0 Å². The average molecular weight is 381 g/mol. The molecule has 0 aliphatic carbocycles. The van der Waals surface area contributed by atoms with Gasteiger partial charge in [-0.25, -0.2) is 14.4 Å². The molecule has 1 atom stereocenters. The lowest BCUT2D eigenvalue weighted by Crippen LogP contribution is -2.33. The minimum Gasteiger partial charge on any atom is -0.387 e. The Labute approximate surface area is 157 Å². The van der Waals surface area contributed by atoms with Crippen molar-refractivity contribution in [2.24, 2.45) is 0 Å². The third-order valence-electron chi connectivity index (χ3n) is 4.03. The molecule has 6 nitrogen and oxygen atoms in total. The minimum absolute atomic E-state index is 0.0192. The summed E-state index contributed by atoms with van der Waals surface area (Å²) >= 11 is 6.10. The van der Waals surface area contributed by atoms with Crippen LogP contribution in [0.5, 0.6) is 0 Å². The Morgan fingerprint density at radius 1 is 1.27 bits per heavy atom. The first-order chi connectivity index (χ1) is 12.4. The fourth-order valence-electron chi connectivity index (χ4n) is 2.48. The zero-order valence-corrected chi connectivity index (χ0v) is 15.7. The maximum atomic E-state index is 13.0. The molecule has 140 valence electrons. The van der Waals surface area contributed by atoms with Crippen LogP contribution in [0.1, 0.15) is 36.0 Å². The van der Waals surface area contributed by atoms with Crippen LogP contribution in [0.25, 0.3) is 0 Å². The van der Waals surface area contributed by atoms with Gasteiger partial charge in [0.15, 0.2) is 5.69 Å². The number of hydrogen-bond donors (Lipinski definition) is 1. The number of benzene rings is 1. The second-order valence-electron chi connectivity index (χ2n) is 5.79. The molecule has 1 amide bonds. The van der Waals surface area contributed by atoms with Crippen molar-refractivity contribution in [3.8, 4) is 0 Å². The molecule has 0 radical (unpaired) electrons. The van der Waals surface area contributed by atoms with E-state index in [-0.39, 0.29) is 23.1 Å². The molecule has 1 aromatic heterocycles. The van der Waals surface area contributed by atoms with Gasteiger partial charge >= 0.3 is 0 Å². The van der Waals surface area contributed by atoms with Gasteiger partial charge in [-0.3, -0.25) is 4.79 Å². The minimum atomic E-state index is -0.951. The lowest BCUT2D eigenvalue weighted by Gasteiger charge is -2.23. The van der Waals surface area contributed by atoms with Gasteiger partial charge in [-0.05, 0) is 31.5 Å². The van der Waals surface area contributed by atoms with Crippen molar-refractivity contribution in [2.45, 2.75) is 20.0 Å². The van der Waals surface area contributed by atoms with E-state index in [0.717, 1.165) is 0 Å². The van der Waals surface area contributed by atoms with Crippen LogP contribution in [0, 0.1) is 5.82 Å². The van der Waals surface area contributed by atoms with Gasteiger partial charge in [-0.1, -0.05) is 23.7 Å². The summed E-state index contributed by atoms with van der Waals surface area (Å²) in [6, 6.07) is 5.49. The second kappa shape index (κ2) is 8.91. The van der Waals surface area contributed by atoms with Gasteiger partial charge in [0, 0.05) is 20.1 Å². The Morgan fingerprint density at radius 2 is 1.88 bits per heavy atom. The Kier molecular flexibility index (Phi) is 6.88. The molecule has 1 aromatic carbocycles. The fraction of sp³-hybridized carbons (Fsp3) is 0.389. The number of amides is 1. The van der Waals surface area contributed by atoms with Gasteiger partial charge in [0.05, 0.1) is 23.9 Å². The van der Waals surface area contributed by atoms with Crippen LogP contribution < -0.4 is 4.90 Å². The van der Waals surface area contributed by atoms with Crippen LogP contribution in [0.3, 0.4) is 0 Å². The highest BCUT2D eigenvalue weighted by Gasteiger charge is 2.22. The number of carbonyl (C=O) groups excluding carboxylic acids is 1. The van der Waals surface area contributed by atoms with E-state index in [1.807, 2.05) is 18.7 Å². The number of aliphatic hydroxyl groups is 1. The largest absolute Gasteiger partial charge is 0.387 e. The van der Waals surface area contributed by atoms with Crippen molar-refractivity contribution in [1.82, 2.24) is 14.9 Å². The first-order valence-corrected chi connectivity index (χ1v) is 8.71. The number of anilines is 1. The van der Waals surface area contributed by atoms with Crippen LogP contribution in [-0.2, 0) is 0 Å². The first-order valence-electron chi connectivity index (χ1n) is 8.33. The predicted molar refractivity (Wildman–Crippen MR) is 98.9 cm³/mol. The van der Waals surface area contributed by atoms with Crippen molar-refractivity contribution < 1.29 is 14.3 Å². The monoisotopic (exact) mass is 380 g/mol. The van der Waals surface area contributed by atoms with Gasteiger partial charge in [0.2, 0.25) is 5.95 Å². The Balaban J connectivity index is 2.16. The number of hydrogen-bond acceptors (Lipinski definition) is 5. The molecule has 0 saturated heterocycles. The predicted octanol–water partition coefficient (Wildman–Crippen LogP) is 2.92. The van der Waals surface area contributed by atoms with Crippen molar-refractivity contribution in [1.29, 1.82) is 0 Å². The van der Waals surface area contributed by atoms with E-state index >= 15 is 0 Å². The number of halogens is 2. The van der Waals surface area contributed by atoms with Crippen molar-refractivity contribution in [3.05, 3.63) is 52.6 Å². The Bertz CT molecular complexity index is 753. The summed E-state index contributed by atoms with van der Waals surface area (Å²) in [7, 11) is 1.55. The number of aliphatic hydroxyl groups excluding tert-OH is 1. The van der Waals surface area contributed by atoms with Crippen LogP contribution in [0.15, 0.2) is 30.5 Å². The number of nitrogens with zero attached hydrogens (tertiary/aromatic N) is 4. The molecule has 0 bridgehead atoms. The maximum Gasteiger partial charge on any atom is 0.274 e. The normalized spacial score (nSPS) is 11.9. The molecule has 0 fully saturated rings. The lowest BCUT2D eigenvalue weighted by molar-refractivity contribution is 0.0675. The topological polar surface area (TPSA) is 69.6 Å². The molecule has 2 rings (SSSR count). The summed E-state index contributed by atoms with van der Waals surface area (Å²) in [5, 5.41) is 10.4. The van der Waals surface area contributed by atoms with Crippen LogP contribution >= 0.6 is 11.6 Å². The molecule has 0 spiro atoms. The third-order valence-corrected chi connectivity index (χ3v) is 4.31. The van der Waals surface area contributed by atoms with Crippen LogP contribution in [-0.4, -0.2) is 52.6 Å². The molecule has 2 aromatic rings.